The lowest BCUT2D eigenvalue weighted by molar-refractivity contribution is 0.457. The molecule has 2 aromatic rings. The summed E-state index contributed by atoms with van der Waals surface area (Å²) in [5.41, 5.74) is 0.934. The van der Waals surface area contributed by atoms with Gasteiger partial charge in [-0.05, 0) is 26.0 Å². The smallest absolute Gasteiger partial charge is 0.224 e. The summed E-state index contributed by atoms with van der Waals surface area (Å²) in [6, 6.07) is 5.26. The molecule has 0 saturated heterocycles. The lowest BCUT2D eigenvalue weighted by Crippen LogP contribution is -1.93. The third-order valence-electron chi connectivity index (χ3n) is 1.89. The summed E-state index contributed by atoms with van der Waals surface area (Å²) >= 11 is 5.79. The van der Waals surface area contributed by atoms with Crippen LogP contribution in [0, 0.1) is 13.8 Å². The molecule has 0 aromatic carbocycles. The van der Waals surface area contributed by atoms with Crippen molar-refractivity contribution in [2.45, 2.75) is 13.8 Å². The highest BCUT2D eigenvalue weighted by molar-refractivity contribution is 6.29. The number of hydrogen-bond acceptors (Lipinski definition) is 4. The lowest BCUT2D eigenvalue weighted by atomic mass is 10.4. The Morgan fingerprint density at radius 3 is 2.62 bits per heavy atom. The number of nitrogens with zero attached hydrogens (tertiary/aromatic N) is 3. The van der Waals surface area contributed by atoms with Crippen LogP contribution in [-0.2, 0) is 0 Å². The number of aryl methyl sites for hydroxylation is 2. The van der Waals surface area contributed by atoms with Crippen molar-refractivity contribution >= 4 is 11.6 Å². The first-order valence-electron chi connectivity index (χ1n) is 4.75. The van der Waals surface area contributed by atoms with Gasteiger partial charge in [0.2, 0.25) is 5.88 Å². The van der Waals surface area contributed by atoms with Crippen molar-refractivity contribution in [3.8, 4) is 11.6 Å². The van der Waals surface area contributed by atoms with Crippen LogP contribution in [0.15, 0.2) is 24.4 Å². The molecule has 0 aliphatic carbocycles. The van der Waals surface area contributed by atoms with Gasteiger partial charge < -0.3 is 4.74 Å². The number of pyridine rings is 1. The zero-order valence-electron chi connectivity index (χ0n) is 8.94. The summed E-state index contributed by atoms with van der Waals surface area (Å²) in [6.07, 6.45) is 1.64. The van der Waals surface area contributed by atoms with Crippen LogP contribution in [0.5, 0.6) is 11.6 Å². The van der Waals surface area contributed by atoms with Crippen LogP contribution >= 0.6 is 11.6 Å². The molecule has 5 heteroatoms. The van der Waals surface area contributed by atoms with Crippen LogP contribution in [0.25, 0.3) is 0 Å². The molecular formula is C11H10ClN3O. The van der Waals surface area contributed by atoms with Gasteiger partial charge in [0.1, 0.15) is 16.7 Å². The second kappa shape index (κ2) is 4.45. The van der Waals surface area contributed by atoms with Crippen molar-refractivity contribution in [2.75, 3.05) is 0 Å². The van der Waals surface area contributed by atoms with E-state index in [-0.39, 0.29) is 0 Å². The maximum absolute atomic E-state index is 5.79. The molecule has 4 nitrogen and oxygen atoms in total. The molecule has 2 rings (SSSR count). The van der Waals surface area contributed by atoms with E-state index in [1.54, 1.807) is 19.2 Å². The van der Waals surface area contributed by atoms with E-state index in [1.807, 2.05) is 19.1 Å². The van der Waals surface area contributed by atoms with E-state index in [0.717, 1.165) is 5.69 Å². The van der Waals surface area contributed by atoms with E-state index >= 15 is 0 Å². The highest BCUT2D eigenvalue weighted by atomic mass is 35.5. The minimum atomic E-state index is 0.363. The Hall–Kier alpha value is -1.68. The van der Waals surface area contributed by atoms with E-state index in [9.17, 15) is 0 Å². The Kier molecular flexibility index (Phi) is 3.01. The number of ether oxygens (including phenoxy) is 1. The van der Waals surface area contributed by atoms with Gasteiger partial charge in [0.25, 0.3) is 0 Å². The third kappa shape index (κ3) is 2.67. The molecule has 0 N–H and O–H groups in total. The van der Waals surface area contributed by atoms with Crippen LogP contribution in [0.2, 0.25) is 5.15 Å². The third-order valence-corrected chi connectivity index (χ3v) is 2.08. The van der Waals surface area contributed by atoms with Gasteiger partial charge in [-0.3, -0.25) is 4.98 Å². The van der Waals surface area contributed by atoms with Gasteiger partial charge in [-0.1, -0.05) is 11.6 Å². The summed E-state index contributed by atoms with van der Waals surface area (Å²) in [5, 5.41) is 0.363. The molecule has 16 heavy (non-hydrogen) atoms. The molecule has 0 aliphatic heterocycles. The van der Waals surface area contributed by atoms with Gasteiger partial charge in [-0.25, -0.2) is 4.98 Å². The first kappa shape index (κ1) is 10.8. The van der Waals surface area contributed by atoms with E-state index in [1.165, 1.54) is 0 Å². The van der Waals surface area contributed by atoms with Gasteiger partial charge in [-0.15, -0.1) is 0 Å². The van der Waals surface area contributed by atoms with Crippen molar-refractivity contribution in [3.63, 3.8) is 0 Å². The number of hydrogen-bond donors (Lipinski definition) is 0. The minimum Gasteiger partial charge on any atom is -0.437 e. The molecule has 0 amide bonds. The summed E-state index contributed by atoms with van der Waals surface area (Å²) < 4.78 is 5.50. The molecule has 0 fully saturated rings. The maximum atomic E-state index is 5.79. The molecule has 0 aliphatic rings. The van der Waals surface area contributed by atoms with Crippen LogP contribution < -0.4 is 4.74 Å². The van der Waals surface area contributed by atoms with Gasteiger partial charge in [-0.2, -0.15) is 4.98 Å². The molecular weight excluding hydrogens is 226 g/mol. The predicted molar refractivity (Wildman–Crippen MR) is 60.8 cm³/mol. The summed E-state index contributed by atoms with van der Waals surface area (Å²) in [5.74, 6) is 1.62. The highest BCUT2D eigenvalue weighted by Gasteiger charge is 2.02. The zero-order chi connectivity index (χ0) is 11.5. The van der Waals surface area contributed by atoms with Crippen LogP contribution in [0.4, 0.5) is 0 Å². The standard InChI is InChI=1S/C11H10ClN3O/c1-7-3-4-9(6-13-7)16-11-5-10(12)14-8(2)15-11/h3-6H,1-2H3. The number of rotatable bonds is 2. The average molecular weight is 236 g/mol. The van der Waals surface area contributed by atoms with E-state index in [4.69, 9.17) is 16.3 Å². The fraction of sp³-hybridized carbons (Fsp3) is 0.182. The summed E-state index contributed by atoms with van der Waals surface area (Å²) in [4.78, 5) is 12.2. The van der Waals surface area contributed by atoms with Crippen LogP contribution in [0.3, 0.4) is 0 Å². The molecule has 0 unspecified atom stereocenters. The fourth-order valence-electron chi connectivity index (χ4n) is 1.19. The molecule has 0 spiro atoms. The second-order valence-corrected chi connectivity index (χ2v) is 3.70. The van der Waals surface area contributed by atoms with Gasteiger partial charge >= 0.3 is 0 Å². The van der Waals surface area contributed by atoms with E-state index in [2.05, 4.69) is 15.0 Å². The SMILES string of the molecule is Cc1ccc(Oc2cc(Cl)nc(C)n2)cn1. The topological polar surface area (TPSA) is 47.9 Å². The molecule has 82 valence electrons. The largest absolute Gasteiger partial charge is 0.437 e. The minimum absolute atomic E-state index is 0.363. The Bertz CT molecular complexity index is 479. The first-order chi connectivity index (χ1) is 7.63. The zero-order valence-corrected chi connectivity index (χ0v) is 9.69. The Morgan fingerprint density at radius 2 is 2.00 bits per heavy atom. The Morgan fingerprint density at radius 1 is 1.19 bits per heavy atom. The van der Waals surface area contributed by atoms with Gasteiger partial charge in [0.15, 0.2) is 0 Å². The van der Waals surface area contributed by atoms with Crippen molar-refractivity contribution in [1.82, 2.24) is 15.0 Å². The number of aromatic nitrogens is 3. The average Bonchev–Trinajstić information content (AvgIpc) is 2.20. The van der Waals surface area contributed by atoms with E-state index in [0.29, 0.717) is 22.6 Å². The van der Waals surface area contributed by atoms with Crippen molar-refractivity contribution in [1.29, 1.82) is 0 Å². The molecule has 2 aromatic heterocycles. The fourth-order valence-corrected chi connectivity index (χ4v) is 1.41. The second-order valence-electron chi connectivity index (χ2n) is 3.31. The van der Waals surface area contributed by atoms with Gasteiger partial charge in [0, 0.05) is 11.8 Å². The molecule has 0 atom stereocenters. The van der Waals surface area contributed by atoms with Crippen molar-refractivity contribution in [2.24, 2.45) is 0 Å². The normalized spacial score (nSPS) is 10.2. The molecule has 0 saturated carbocycles. The van der Waals surface area contributed by atoms with Crippen molar-refractivity contribution in [3.05, 3.63) is 41.1 Å². The Balaban J connectivity index is 2.23. The first-order valence-corrected chi connectivity index (χ1v) is 5.13. The maximum Gasteiger partial charge on any atom is 0.224 e. The Labute approximate surface area is 98.3 Å². The molecule has 0 bridgehead atoms. The predicted octanol–water partition coefficient (Wildman–Crippen LogP) is 2.93. The lowest BCUT2D eigenvalue weighted by Gasteiger charge is -2.05. The summed E-state index contributed by atoms with van der Waals surface area (Å²) in [7, 11) is 0. The quantitative estimate of drug-likeness (QED) is 0.751. The van der Waals surface area contributed by atoms with Crippen molar-refractivity contribution < 1.29 is 4.74 Å². The molecule has 2 heterocycles. The number of halogens is 1. The monoisotopic (exact) mass is 235 g/mol. The van der Waals surface area contributed by atoms with Crippen LogP contribution in [0.1, 0.15) is 11.5 Å². The highest BCUT2D eigenvalue weighted by Crippen LogP contribution is 2.20. The summed E-state index contributed by atoms with van der Waals surface area (Å²) in [6.45, 7) is 3.67. The molecule has 0 radical (unpaired) electrons. The van der Waals surface area contributed by atoms with Gasteiger partial charge in [0.05, 0.1) is 6.20 Å². The van der Waals surface area contributed by atoms with Crippen LogP contribution in [-0.4, -0.2) is 15.0 Å². The van der Waals surface area contributed by atoms with E-state index < -0.39 is 0 Å².